The number of hydrogen-bond donors (Lipinski definition) is 0. The number of amides is 1. The fourth-order valence-corrected chi connectivity index (χ4v) is 2.28. The molecule has 2 heterocycles. The van der Waals surface area contributed by atoms with Crippen molar-refractivity contribution in [2.24, 2.45) is 5.92 Å². The minimum Gasteiger partial charge on any atom is -0.335 e. The first kappa shape index (κ1) is 9.65. The molecule has 4 nitrogen and oxygen atoms in total. The van der Waals surface area contributed by atoms with Gasteiger partial charge in [-0.3, -0.25) is 9.59 Å². The first-order valence-corrected chi connectivity index (χ1v) is 5.17. The van der Waals surface area contributed by atoms with Crippen molar-refractivity contribution >= 4 is 11.7 Å². The number of likely N-dealkylation sites (tertiary alicyclic amines) is 2. The van der Waals surface area contributed by atoms with Crippen LogP contribution in [0.5, 0.6) is 0 Å². The molecule has 0 aromatic rings. The van der Waals surface area contributed by atoms with Gasteiger partial charge in [0.15, 0.2) is 0 Å². The zero-order valence-corrected chi connectivity index (χ0v) is 8.53. The molecule has 4 heteroatoms. The lowest BCUT2D eigenvalue weighted by molar-refractivity contribution is -0.140. The second kappa shape index (κ2) is 3.69. The summed E-state index contributed by atoms with van der Waals surface area (Å²) in [5.41, 5.74) is 0. The maximum atomic E-state index is 11.3. The molecule has 0 aliphatic carbocycles. The third-order valence-electron chi connectivity index (χ3n) is 3.10. The molecule has 1 unspecified atom stereocenters. The Balaban J connectivity index is 1.86. The van der Waals surface area contributed by atoms with Gasteiger partial charge in [0.25, 0.3) is 5.91 Å². The summed E-state index contributed by atoms with van der Waals surface area (Å²) < 4.78 is 0. The van der Waals surface area contributed by atoms with E-state index >= 15 is 0 Å². The van der Waals surface area contributed by atoms with Crippen LogP contribution in [-0.4, -0.2) is 54.7 Å². The molecule has 2 fully saturated rings. The normalized spacial score (nSPS) is 29.2. The van der Waals surface area contributed by atoms with E-state index in [4.69, 9.17) is 0 Å². The van der Waals surface area contributed by atoms with E-state index in [0.29, 0.717) is 18.9 Å². The van der Waals surface area contributed by atoms with Gasteiger partial charge in [0.05, 0.1) is 0 Å². The van der Waals surface area contributed by atoms with Gasteiger partial charge in [-0.25, -0.2) is 0 Å². The Hall–Kier alpha value is -0.900. The highest BCUT2D eigenvalue weighted by molar-refractivity contribution is 6.37. The van der Waals surface area contributed by atoms with Gasteiger partial charge in [0, 0.05) is 26.1 Å². The second-order valence-corrected chi connectivity index (χ2v) is 4.34. The minimum atomic E-state index is -0.264. The van der Waals surface area contributed by atoms with Gasteiger partial charge in [-0.2, -0.15) is 0 Å². The molecule has 0 bridgehead atoms. The van der Waals surface area contributed by atoms with Crippen LogP contribution in [-0.2, 0) is 9.59 Å². The molecule has 2 aliphatic heterocycles. The molecule has 78 valence electrons. The second-order valence-electron chi connectivity index (χ2n) is 4.34. The van der Waals surface area contributed by atoms with Crippen molar-refractivity contribution in [2.45, 2.75) is 12.8 Å². The van der Waals surface area contributed by atoms with E-state index in [0.717, 1.165) is 26.1 Å². The first-order chi connectivity index (χ1) is 6.66. The monoisotopic (exact) mass is 196 g/mol. The quantitative estimate of drug-likeness (QED) is 0.571. The minimum absolute atomic E-state index is 0.212. The third-order valence-corrected chi connectivity index (χ3v) is 3.10. The average Bonchev–Trinajstić information content (AvgIpc) is 2.67. The van der Waals surface area contributed by atoms with Crippen molar-refractivity contribution in [1.29, 1.82) is 0 Å². The van der Waals surface area contributed by atoms with E-state index in [1.807, 2.05) is 0 Å². The highest BCUT2D eigenvalue weighted by Crippen LogP contribution is 2.18. The van der Waals surface area contributed by atoms with E-state index in [-0.39, 0.29) is 11.7 Å². The van der Waals surface area contributed by atoms with E-state index < -0.39 is 0 Å². The van der Waals surface area contributed by atoms with Crippen LogP contribution in [0.15, 0.2) is 0 Å². The van der Waals surface area contributed by atoms with E-state index in [2.05, 4.69) is 11.9 Å². The molecule has 14 heavy (non-hydrogen) atoms. The highest BCUT2D eigenvalue weighted by Gasteiger charge is 2.32. The number of hydrogen-bond acceptors (Lipinski definition) is 3. The van der Waals surface area contributed by atoms with Gasteiger partial charge in [0.2, 0.25) is 5.78 Å². The van der Waals surface area contributed by atoms with Crippen molar-refractivity contribution in [3.8, 4) is 0 Å². The van der Waals surface area contributed by atoms with E-state index in [9.17, 15) is 9.59 Å². The Morgan fingerprint density at radius 3 is 2.64 bits per heavy atom. The van der Waals surface area contributed by atoms with Gasteiger partial charge < -0.3 is 9.80 Å². The number of rotatable bonds is 2. The molecule has 2 saturated heterocycles. The fraction of sp³-hybridized carbons (Fsp3) is 0.800. The maximum Gasteiger partial charge on any atom is 0.290 e. The predicted molar refractivity (Wildman–Crippen MR) is 51.8 cm³/mol. The maximum absolute atomic E-state index is 11.3. The van der Waals surface area contributed by atoms with Gasteiger partial charge in [0.1, 0.15) is 0 Å². The number of nitrogens with zero attached hydrogens (tertiary/aromatic N) is 2. The SMILES string of the molecule is CN1CCC(CN2CCC(=O)C2=O)C1. The van der Waals surface area contributed by atoms with Crippen molar-refractivity contribution < 1.29 is 9.59 Å². The fourth-order valence-electron chi connectivity index (χ4n) is 2.28. The van der Waals surface area contributed by atoms with Gasteiger partial charge in [-0.05, 0) is 25.9 Å². The van der Waals surface area contributed by atoms with Crippen LogP contribution in [0.2, 0.25) is 0 Å². The third kappa shape index (κ3) is 1.80. The molecule has 0 spiro atoms. The molecule has 1 amide bonds. The van der Waals surface area contributed by atoms with Crippen LogP contribution in [0.4, 0.5) is 0 Å². The number of ketones is 1. The highest BCUT2D eigenvalue weighted by atomic mass is 16.2. The number of carbonyl (C=O) groups is 2. The summed E-state index contributed by atoms with van der Waals surface area (Å²) in [6.45, 7) is 3.57. The Labute approximate surface area is 83.9 Å². The molecule has 0 N–H and O–H groups in total. The molecule has 1 atom stereocenters. The first-order valence-electron chi connectivity index (χ1n) is 5.17. The summed E-state index contributed by atoms with van der Waals surface area (Å²) in [6, 6.07) is 0. The number of Topliss-reactive ketones (excluding diaryl/α,β-unsaturated/α-hetero) is 1. The molecule has 2 rings (SSSR count). The molecular formula is C10H16N2O2. The molecular weight excluding hydrogens is 180 g/mol. The lowest BCUT2D eigenvalue weighted by atomic mass is 10.1. The Morgan fingerprint density at radius 2 is 2.14 bits per heavy atom. The number of carbonyl (C=O) groups excluding carboxylic acids is 2. The van der Waals surface area contributed by atoms with Crippen molar-refractivity contribution in [3.05, 3.63) is 0 Å². The summed E-state index contributed by atoms with van der Waals surface area (Å²) in [5, 5.41) is 0. The van der Waals surface area contributed by atoms with Crippen molar-refractivity contribution in [3.63, 3.8) is 0 Å². The Bertz CT molecular complexity index is 265. The van der Waals surface area contributed by atoms with Crippen LogP contribution in [0.1, 0.15) is 12.8 Å². The largest absolute Gasteiger partial charge is 0.335 e. The van der Waals surface area contributed by atoms with Gasteiger partial charge in [-0.15, -0.1) is 0 Å². The Morgan fingerprint density at radius 1 is 1.36 bits per heavy atom. The molecule has 2 aliphatic rings. The summed E-state index contributed by atoms with van der Waals surface area (Å²) >= 11 is 0. The molecule has 0 radical (unpaired) electrons. The van der Waals surface area contributed by atoms with Crippen molar-refractivity contribution in [2.75, 3.05) is 33.2 Å². The van der Waals surface area contributed by atoms with Crippen LogP contribution in [0, 0.1) is 5.92 Å². The average molecular weight is 196 g/mol. The van der Waals surface area contributed by atoms with Crippen LogP contribution in [0.25, 0.3) is 0 Å². The van der Waals surface area contributed by atoms with Gasteiger partial charge in [-0.1, -0.05) is 0 Å². The zero-order valence-electron chi connectivity index (χ0n) is 8.53. The van der Waals surface area contributed by atoms with Crippen LogP contribution < -0.4 is 0 Å². The topological polar surface area (TPSA) is 40.6 Å². The summed E-state index contributed by atoms with van der Waals surface area (Å²) in [6.07, 6.45) is 1.57. The lowest BCUT2D eigenvalue weighted by Crippen LogP contribution is -2.33. The zero-order chi connectivity index (χ0) is 10.1. The van der Waals surface area contributed by atoms with E-state index in [1.165, 1.54) is 0 Å². The molecule has 0 saturated carbocycles. The van der Waals surface area contributed by atoms with Crippen molar-refractivity contribution in [1.82, 2.24) is 9.80 Å². The lowest BCUT2D eigenvalue weighted by Gasteiger charge is -2.19. The summed E-state index contributed by atoms with van der Waals surface area (Å²) in [7, 11) is 2.09. The standard InChI is InChI=1S/C10H16N2O2/c1-11-4-2-8(6-11)7-12-5-3-9(13)10(12)14/h8H,2-7H2,1H3. The van der Waals surface area contributed by atoms with E-state index in [1.54, 1.807) is 4.90 Å². The van der Waals surface area contributed by atoms with Crippen LogP contribution >= 0.6 is 0 Å². The Kier molecular flexibility index (Phi) is 2.54. The molecule has 0 aromatic heterocycles. The summed E-state index contributed by atoms with van der Waals surface area (Å²) in [4.78, 5) is 26.3. The summed E-state index contributed by atoms with van der Waals surface area (Å²) in [5.74, 6) is 0.0887. The molecule has 0 aromatic carbocycles. The van der Waals surface area contributed by atoms with Gasteiger partial charge >= 0.3 is 0 Å². The smallest absolute Gasteiger partial charge is 0.290 e. The van der Waals surface area contributed by atoms with Crippen LogP contribution in [0.3, 0.4) is 0 Å². The predicted octanol–water partition coefficient (Wildman–Crippen LogP) is -0.261.